The lowest BCUT2D eigenvalue weighted by Crippen LogP contribution is -2.37. The fourth-order valence-corrected chi connectivity index (χ4v) is 7.17. The number of fused-ring (bicyclic) bond motifs is 5. The molecule has 7 rings (SSSR count). The van der Waals surface area contributed by atoms with Crippen molar-refractivity contribution in [2.75, 3.05) is 24.7 Å². The maximum absolute atomic E-state index is 13.2. The predicted octanol–water partition coefficient (Wildman–Crippen LogP) is -2.97. The Bertz CT molecular complexity index is 1940. The van der Waals surface area contributed by atoms with Gasteiger partial charge in [0, 0.05) is 0 Å². The Balaban J connectivity index is 1.21. The van der Waals surface area contributed by atoms with Crippen molar-refractivity contribution in [1.29, 1.82) is 0 Å². The largest absolute Gasteiger partial charge is 0.756 e. The van der Waals surface area contributed by atoms with E-state index in [-0.39, 0.29) is 34.1 Å². The van der Waals surface area contributed by atoms with Crippen LogP contribution >= 0.6 is 15.6 Å². The lowest BCUT2D eigenvalue weighted by Gasteiger charge is -2.30. The summed E-state index contributed by atoms with van der Waals surface area (Å²) in [4.78, 5) is 58.0. The molecule has 0 spiro atoms. The highest BCUT2D eigenvalue weighted by molar-refractivity contribution is 7.47. The number of nitrogens with two attached hydrogens (primary N) is 2. The monoisotopic (exact) mass is 673 g/mol. The summed E-state index contributed by atoms with van der Waals surface area (Å²) >= 11 is 0. The molecule has 3 saturated heterocycles. The van der Waals surface area contributed by atoms with Crippen LogP contribution in [0.25, 0.3) is 22.3 Å². The van der Waals surface area contributed by atoms with Crippen LogP contribution < -0.4 is 21.9 Å². The number of imidazole rings is 2. The number of ether oxygens (including phenoxy) is 2. The Hall–Kier alpha value is -3.44. The summed E-state index contributed by atoms with van der Waals surface area (Å²) in [5, 5.41) is 22.1. The average Bonchev–Trinajstić information content (AvgIpc) is 3.72. The molecule has 3 fully saturated rings. The van der Waals surface area contributed by atoms with Crippen molar-refractivity contribution in [1.82, 2.24) is 39.0 Å². The number of aliphatic hydroxyl groups is 2. The number of aromatic nitrogens is 8. The highest BCUT2D eigenvalue weighted by Gasteiger charge is 2.53. The molecule has 0 aromatic carbocycles. The number of nitrogens with zero attached hydrogens (tertiary/aromatic N) is 7. The summed E-state index contributed by atoms with van der Waals surface area (Å²) in [6.45, 7) is -1.74. The van der Waals surface area contributed by atoms with Gasteiger partial charge in [-0.15, -0.1) is 0 Å². The van der Waals surface area contributed by atoms with E-state index in [1.165, 1.54) is 10.9 Å². The molecular formula is C20H23N10O13P2-. The van der Waals surface area contributed by atoms with Crippen LogP contribution in [0, 0.1) is 0 Å². The first-order valence-electron chi connectivity index (χ1n) is 12.9. The number of rotatable bonds is 2. The summed E-state index contributed by atoms with van der Waals surface area (Å²) < 4.78 is 60.6. The molecule has 4 aromatic rings. The van der Waals surface area contributed by atoms with Crippen LogP contribution in [-0.2, 0) is 36.7 Å². The molecule has 2 bridgehead atoms. The molecular weight excluding hydrogens is 650 g/mol. The van der Waals surface area contributed by atoms with Crippen LogP contribution in [0.5, 0.6) is 0 Å². The van der Waals surface area contributed by atoms with Crippen molar-refractivity contribution in [3.63, 3.8) is 0 Å². The van der Waals surface area contributed by atoms with Gasteiger partial charge in [-0.1, -0.05) is 0 Å². The maximum atomic E-state index is 13.2. The van der Waals surface area contributed by atoms with Crippen LogP contribution in [0.15, 0.2) is 23.8 Å². The van der Waals surface area contributed by atoms with Crippen LogP contribution in [-0.4, -0.2) is 104 Å². The standard InChI is InChI=1S/C20H24N10O13P2/c21-14-8-15(24-3-23-14)29(4-25-8)19-13-10(31)6(40-19)1-38-44(34,35)42-12-7(2-39-45(36,37)43-13)41-18(11(12)32)30-5-26-9-16(30)27-20(22)28-17(9)33/h3-7,10-13,18-19,31-32H,1-2H2,(H,34,35)(H,36,37)(H2,21,23,24)(H3,22,27,28,33)/p-1/t6-,7-,10+,11+,12?,13?,18-,19-/m1/s1. The fraction of sp³-hybridized carbons (Fsp3) is 0.500. The van der Waals surface area contributed by atoms with Crippen LogP contribution in [0.4, 0.5) is 11.8 Å². The number of nitrogen functional groups attached to an aromatic ring is 2. The number of phosphoric ester groups is 2. The van der Waals surface area contributed by atoms with Crippen LogP contribution in [0.1, 0.15) is 12.5 Å². The number of H-pyrrole nitrogens is 1. The molecule has 8 N–H and O–H groups in total. The number of anilines is 2. The van der Waals surface area contributed by atoms with Gasteiger partial charge in [-0.3, -0.25) is 32.5 Å². The van der Waals surface area contributed by atoms with Gasteiger partial charge in [0.05, 0.1) is 25.9 Å². The van der Waals surface area contributed by atoms with Gasteiger partial charge in [0.2, 0.25) is 5.95 Å². The van der Waals surface area contributed by atoms with Crippen molar-refractivity contribution < 1.29 is 56.7 Å². The first-order valence-corrected chi connectivity index (χ1v) is 15.9. The minimum atomic E-state index is -5.32. The van der Waals surface area contributed by atoms with E-state index in [4.69, 9.17) is 39.0 Å². The van der Waals surface area contributed by atoms with Crippen molar-refractivity contribution in [3.05, 3.63) is 29.3 Å². The second-order valence-corrected chi connectivity index (χ2v) is 12.9. The molecule has 0 aliphatic carbocycles. The molecule has 0 amide bonds. The lowest BCUT2D eigenvalue weighted by molar-refractivity contribution is -0.236. The number of nitrogens with one attached hydrogen (secondary N) is 1. The molecule has 7 heterocycles. The van der Waals surface area contributed by atoms with Crippen molar-refractivity contribution in [2.45, 2.75) is 49.1 Å². The summed E-state index contributed by atoms with van der Waals surface area (Å²) in [5.74, 6) is -0.268. The van der Waals surface area contributed by atoms with Gasteiger partial charge in [0.15, 0.2) is 35.1 Å². The fourth-order valence-electron chi connectivity index (χ4n) is 5.29. The van der Waals surface area contributed by atoms with Gasteiger partial charge in [-0.05, 0) is 0 Å². The molecule has 242 valence electrons. The Morgan fingerprint density at radius 2 is 1.58 bits per heavy atom. The minimum Gasteiger partial charge on any atom is -0.756 e. The first kappa shape index (κ1) is 30.2. The highest BCUT2D eigenvalue weighted by Crippen LogP contribution is 2.52. The molecule has 4 unspecified atom stereocenters. The lowest BCUT2D eigenvalue weighted by atomic mass is 10.1. The Morgan fingerprint density at radius 1 is 0.889 bits per heavy atom. The van der Waals surface area contributed by atoms with E-state index in [0.717, 1.165) is 17.2 Å². The van der Waals surface area contributed by atoms with E-state index in [2.05, 4.69) is 29.9 Å². The van der Waals surface area contributed by atoms with E-state index in [1.807, 2.05) is 0 Å². The number of aliphatic hydroxyl groups excluding tert-OH is 2. The van der Waals surface area contributed by atoms with Crippen molar-refractivity contribution in [2.24, 2.45) is 0 Å². The topological polar surface area (TPSA) is 332 Å². The van der Waals surface area contributed by atoms with Crippen molar-refractivity contribution >= 4 is 49.7 Å². The predicted molar refractivity (Wildman–Crippen MR) is 141 cm³/mol. The zero-order valence-corrected chi connectivity index (χ0v) is 24.2. The molecule has 3 aliphatic heterocycles. The Morgan fingerprint density at radius 3 is 2.36 bits per heavy atom. The van der Waals surface area contributed by atoms with Gasteiger partial charge in [-0.2, -0.15) is 4.98 Å². The van der Waals surface area contributed by atoms with Gasteiger partial charge < -0.3 is 50.0 Å². The second kappa shape index (κ2) is 10.8. The van der Waals surface area contributed by atoms with Crippen LogP contribution in [0.2, 0.25) is 0 Å². The van der Waals surface area contributed by atoms with Crippen molar-refractivity contribution in [3.8, 4) is 0 Å². The highest BCUT2D eigenvalue weighted by atomic mass is 31.2. The van der Waals surface area contributed by atoms with E-state index in [1.54, 1.807) is 0 Å². The summed E-state index contributed by atoms with van der Waals surface area (Å²) in [7, 11) is -10.4. The number of hydrogen-bond acceptors (Lipinski definition) is 19. The molecule has 0 saturated carbocycles. The minimum absolute atomic E-state index is 0.0127. The zero-order valence-electron chi connectivity index (χ0n) is 22.4. The SMILES string of the molecule is Nc1nc2c(ncn2[C@@H]2O[C@@H]3COP(=O)(O)OC4[C@@H](O)[C@@H](COP(=O)([O-])OC3[C@@H]2O)O[C@H]4n2cnc3c(N)ncnc32)c(=O)[nH]1. The van der Waals surface area contributed by atoms with E-state index >= 15 is 0 Å². The third-order valence-corrected chi connectivity index (χ3v) is 9.26. The summed E-state index contributed by atoms with van der Waals surface area (Å²) in [5.41, 5.74) is 10.7. The third-order valence-electron chi connectivity index (χ3n) is 7.31. The number of hydrogen-bond donors (Lipinski definition) is 6. The average molecular weight is 673 g/mol. The molecule has 23 nitrogen and oxygen atoms in total. The van der Waals surface area contributed by atoms with Gasteiger partial charge in [0.25, 0.3) is 13.4 Å². The number of phosphoric acid groups is 2. The molecule has 25 heteroatoms. The molecule has 4 aromatic heterocycles. The van der Waals surface area contributed by atoms with E-state index < -0.39 is 83.5 Å². The molecule has 10 atom stereocenters. The van der Waals surface area contributed by atoms with Gasteiger partial charge >= 0.3 is 7.82 Å². The zero-order chi connectivity index (χ0) is 31.8. The van der Waals surface area contributed by atoms with Gasteiger partial charge in [-0.25, -0.2) is 24.5 Å². The maximum Gasteiger partial charge on any atom is 0.472 e. The summed E-state index contributed by atoms with van der Waals surface area (Å²) in [6.07, 6.45) is -9.53. The normalized spacial score (nSPS) is 37.7. The summed E-state index contributed by atoms with van der Waals surface area (Å²) in [6, 6.07) is 0. The molecule has 3 aliphatic rings. The Labute approximate surface area is 248 Å². The quantitative estimate of drug-likeness (QED) is 0.116. The van der Waals surface area contributed by atoms with E-state index in [9.17, 15) is 33.9 Å². The molecule has 0 radical (unpaired) electrons. The Kier molecular flexibility index (Phi) is 7.27. The third kappa shape index (κ3) is 5.31. The first-order chi connectivity index (χ1) is 21.3. The van der Waals surface area contributed by atoms with Gasteiger partial charge in [0.1, 0.15) is 48.5 Å². The smallest absolute Gasteiger partial charge is 0.472 e. The number of aromatic amines is 1. The molecule has 45 heavy (non-hydrogen) atoms. The second-order valence-electron chi connectivity index (χ2n) is 10.1. The van der Waals surface area contributed by atoms with Crippen LogP contribution in [0.3, 0.4) is 0 Å². The van der Waals surface area contributed by atoms with E-state index in [0.29, 0.717) is 0 Å².